The highest BCUT2D eigenvalue weighted by Crippen LogP contribution is 2.28. The van der Waals surface area contributed by atoms with E-state index in [2.05, 4.69) is 39.6 Å². The summed E-state index contributed by atoms with van der Waals surface area (Å²) in [5.41, 5.74) is 5.94. The molecular formula is C15H27IN4S. The lowest BCUT2D eigenvalue weighted by Crippen LogP contribution is -2.34. The maximum atomic E-state index is 5.94. The number of guanidine groups is 1. The van der Waals surface area contributed by atoms with E-state index in [-0.39, 0.29) is 24.0 Å². The van der Waals surface area contributed by atoms with E-state index in [0.29, 0.717) is 12.0 Å². The molecule has 0 aliphatic carbocycles. The van der Waals surface area contributed by atoms with E-state index in [0.717, 1.165) is 19.5 Å². The fraction of sp³-hybridized carbons (Fsp3) is 0.667. The number of thiophene rings is 1. The Labute approximate surface area is 149 Å². The van der Waals surface area contributed by atoms with Crippen molar-refractivity contribution >= 4 is 41.3 Å². The molecule has 1 fully saturated rings. The van der Waals surface area contributed by atoms with Crippen LogP contribution in [0.5, 0.6) is 0 Å². The normalized spacial score (nSPS) is 17.5. The van der Waals surface area contributed by atoms with Gasteiger partial charge in [-0.2, -0.15) is 0 Å². The average Bonchev–Trinajstić information content (AvgIpc) is 3.12. The molecule has 120 valence electrons. The zero-order valence-corrected chi connectivity index (χ0v) is 15.9. The summed E-state index contributed by atoms with van der Waals surface area (Å²) in [6.45, 7) is 6.21. The topological polar surface area (TPSA) is 53.6 Å². The summed E-state index contributed by atoms with van der Waals surface area (Å²) in [5.74, 6) is 0.583. The van der Waals surface area contributed by atoms with Gasteiger partial charge in [0.1, 0.15) is 0 Å². The number of hydrogen-bond donors (Lipinski definition) is 2. The minimum Gasteiger partial charge on any atom is -0.370 e. The Hall–Kier alpha value is -0.340. The van der Waals surface area contributed by atoms with Gasteiger partial charge in [0.15, 0.2) is 5.96 Å². The Bertz CT molecular complexity index is 402. The lowest BCUT2D eigenvalue weighted by atomic mass is 10.2. The van der Waals surface area contributed by atoms with E-state index in [1.807, 2.05) is 11.3 Å². The first-order chi connectivity index (χ1) is 9.81. The molecule has 21 heavy (non-hydrogen) atoms. The number of halogens is 1. The number of nitrogens with two attached hydrogens (primary N) is 1. The van der Waals surface area contributed by atoms with Gasteiger partial charge >= 0.3 is 0 Å². The monoisotopic (exact) mass is 422 g/mol. The van der Waals surface area contributed by atoms with Crippen molar-refractivity contribution in [3.63, 3.8) is 0 Å². The molecule has 0 radical (unpaired) electrons. The molecule has 4 nitrogen and oxygen atoms in total. The second-order valence-corrected chi connectivity index (χ2v) is 6.26. The highest BCUT2D eigenvalue weighted by molar-refractivity contribution is 14.0. The van der Waals surface area contributed by atoms with Crippen LogP contribution >= 0.6 is 35.3 Å². The largest absolute Gasteiger partial charge is 0.370 e. The van der Waals surface area contributed by atoms with Crippen molar-refractivity contribution in [1.29, 1.82) is 0 Å². The minimum absolute atomic E-state index is 0. The maximum absolute atomic E-state index is 5.94. The Kier molecular flexibility index (Phi) is 9.26. The fourth-order valence-corrected chi connectivity index (χ4v) is 3.41. The molecule has 0 amide bonds. The van der Waals surface area contributed by atoms with Crippen LogP contribution in [0.3, 0.4) is 0 Å². The second kappa shape index (κ2) is 10.4. The van der Waals surface area contributed by atoms with Crippen LogP contribution in [0.1, 0.15) is 43.5 Å². The van der Waals surface area contributed by atoms with Crippen LogP contribution in [0.25, 0.3) is 0 Å². The quantitative estimate of drug-likeness (QED) is 0.307. The molecule has 2 rings (SSSR count). The molecule has 0 aromatic carbocycles. The lowest BCUT2D eigenvalue weighted by Gasteiger charge is -2.25. The summed E-state index contributed by atoms with van der Waals surface area (Å²) < 4.78 is 0. The van der Waals surface area contributed by atoms with Crippen LogP contribution in [0, 0.1) is 0 Å². The maximum Gasteiger partial charge on any atom is 0.188 e. The van der Waals surface area contributed by atoms with Gasteiger partial charge in [-0.3, -0.25) is 9.89 Å². The Morgan fingerprint density at radius 2 is 2.24 bits per heavy atom. The van der Waals surface area contributed by atoms with Crippen LogP contribution in [0.2, 0.25) is 0 Å². The van der Waals surface area contributed by atoms with E-state index < -0.39 is 0 Å². The molecule has 6 heteroatoms. The first-order valence-corrected chi connectivity index (χ1v) is 8.50. The van der Waals surface area contributed by atoms with Crippen molar-refractivity contribution in [2.75, 3.05) is 26.2 Å². The highest BCUT2D eigenvalue weighted by Gasteiger charge is 2.23. The van der Waals surface area contributed by atoms with Crippen LogP contribution in [0.4, 0.5) is 0 Å². The molecule has 1 aliphatic heterocycles. The van der Waals surface area contributed by atoms with Crippen molar-refractivity contribution in [2.45, 2.75) is 38.6 Å². The van der Waals surface area contributed by atoms with Gasteiger partial charge in [0.2, 0.25) is 0 Å². The number of unbranched alkanes of at least 4 members (excludes halogenated alkanes) is 1. The Morgan fingerprint density at radius 1 is 1.48 bits per heavy atom. The summed E-state index contributed by atoms with van der Waals surface area (Å²) in [6, 6.07) is 4.73. The minimum atomic E-state index is 0. The third-order valence-electron chi connectivity index (χ3n) is 3.72. The smallest absolute Gasteiger partial charge is 0.188 e. The molecule has 2 heterocycles. The summed E-state index contributed by atoms with van der Waals surface area (Å²) in [7, 11) is 0. The molecule has 1 aromatic rings. The Balaban J connectivity index is 0.00000220. The van der Waals surface area contributed by atoms with Crippen LogP contribution in [-0.4, -0.2) is 37.0 Å². The van der Waals surface area contributed by atoms with Crippen molar-refractivity contribution < 1.29 is 0 Å². The zero-order chi connectivity index (χ0) is 14.2. The highest BCUT2D eigenvalue weighted by atomic mass is 127. The van der Waals surface area contributed by atoms with E-state index >= 15 is 0 Å². The van der Waals surface area contributed by atoms with Gasteiger partial charge in [-0.05, 0) is 43.8 Å². The molecule has 0 spiro atoms. The summed E-state index contributed by atoms with van der Waals surface area (Å²) in [5, 5.41) is 5.33. The van der Waals surface area contributed by atoms with Crippen molar-refractivity contribution in [3.05, 3.63) is 22.4 Å². The van der Waals surface area contributed by atoms with Crippen LogP contribution < -0.4 is 11.1 Å². The summed E-state index contributed by atoms with van der Waals surface area (Å²) in [4.78, 5) is 8.48. The van der Waals surface area contributed by atoms with Crippen LogP contribution in [0.15, 0.2) is 22.5 Å². The third kappa shape index (κ3) is 6.12. The molecule has 1 unspecified atom stereocenters. The standard InChI is InChI=1S/C15H26N4S.HI/c1-2-3-8-17-15(16)18-12-13(14-7-6-11-20-14)19-9-4-5-10-19;/h6-7,11,13H,2-5,8-10,12H2,1H3,(H3,16,17,18);1H. The molecule has 1 aromatic heterocycles. The van der Waals surface area contributed by atoms with Crippen molar-refractivity contribution in [1.82, 2.24) is 10.2 Å². The van der Waals surface area contributed by atoms with Gasteiger partial charge in [0.25, 0.3) is 0 Å². The van der Waals surface area contributed by atoms with E-state index in [9.17, 15) is 0 Å². The number of nitrogens with one attached hydrogen (secondary N) is 1. The Morgan fingerprint density at radius 3 is 2.86 bits per heavy atom. The molecule has 0 saturated carbocycles. The van der Waals surface area contributed by atoms with Gasteiger partial charge in [0, 0.05) is 11.4 Å². The van der Waals surface area contributed by atoms with Gasteiger partial charge in [-0.1, -0.05) is 19.4 Å². The van der Waals surface area contributed by atoms with Crippen LogP contribution in [-0.2, 0) is 0 Å². The van der Waals surface area contributed by atoms with E-state index in [4.69, 9.17) is 5.73 Å². The van der Waals surface area contributed by atoms with Gasteiger partial charge in [-0.25, -0.2) is 0 Å². The molecule has 1 atom stereocenters. The average molecular weight is 422 g/mol. The lowest BCUT2D eigenvalue weighted by molar-refractivity contribution is 0.255. The zero-order valence-electron chi connectivity index (χ0n) is 12.8. The van der Waals surface area contributed by atoms with Gasteiger partial charge in [0.05, 0.1) is 12.6 Å². The number of hydrogen-bond acceptors (Lipinski definition) is 3. The molecule has 3 N–H and O–H groups in total. The van der Waals surface area contributed by atoms with Crippen molar-refractivity contribution in [2.24, 2.45) is 10.7 Å². The fourth-order valence-electron chi connectivity index (χ4n) is 2.55. The molecular weight excluding hydrogens is 395 g/mol. The second-order valence-electron chi connectivity index (χ2n) is 5.28. The van der Waals surface area contributed by atoms with Gasteiger partial charge in [-0.15, -0.1) is 35.3 Å². The van der Waals surface area contributed by atoms with Gasteiger partial charge < -0.3 is 11.1 Å². The van der Waals surface area contributed by atoms with Crippen molar-refractivity contribution in [3.8, 4) is 0 Å². The molecule has 0 bridgehead atoms. The SMILES string of the molecule is CCCCNC(N)=NCC(c1cccs1)N1CCCC1.I. The first-order valence-electron chi connectivity index (χ1n) is 7.62. The number of likely N-dealkylation sites (tertiary alicyclic amines) is 1. The number of rotatable bonds is 7. The molecule has 1 aliphatic rings. The van der Waals surface area contributed by atoms with E-state index in [1.165, 1.54) is 37.2 Å². The van der Waals surface area contributed by atoms with E-state index in [1.54, 1.807) is 0 Å². The predicted octanol–water partition coefficient (Wildman–Crippen LogP) is 3.21. The number of aliphatic imine (C=N–C) groups is 1. The molecule has 1 saturated heterocycles. The number of nitrogens with zero attached hydrogens (tertiary/aromatic N) is 2. The summed E-state index contributed by atoms with van der Waals surface area (Å²) in [6.07, 6.45) is 4.91. The first kappa shape index (κ1) is 18.7. The third-order valence-corrected chi connectivity index (χ3v) is 4.70. The predicted molar refractivity (Wildman–Crippen MR) is 103 cm³/mol. The summed E-state index contributed by atoms with van der Waals surface area (Å²) >= 11 is 1.82.